The Bertz CT molecular complexity index is 1120. The number of rotatable bonds is 4. The molecule has 6 nitrogen and oxygen atoms in total. The van der Waals surface area contributed by atoms with E-state index in [0.717, 1.165) is 30.3 Å². The average Bonchev–Trinajstić information content (AvgIpc) is 2.66. The standard InChI is InChI=1S/C20H15F3N2O4/c1-11(18(27)24-13-8-6-12(7-9-13)20(21,22)23)29-19(28)15-10-17(26)25-16-5-3-2-4-14(15)16/h2-11H,1H3,(H,24,27)(H,25,26)/t11-/m0/s1. The monoisotopic (exact) mass is 404 g/mol. The number of hydrogen-bond donors (Lipinski definition) is 2. The minimum atomic E-state index is -4.48. The molecular formula is C20H15F3N2O4. The van der Waals surface area contributed by atoms with Crippen LogP contribution in [0.2, 0.25) is 0 Å². The van der Waals surface area contributed by atoms with E-state index in [4.69, 9.17) is 4.74 Å². The summed E-state index contributed by atoms with van der Waals surface area (Å²) in [6, 6.07) is 11.5. The van der Waals surface area contributed by atoms with Crippen molar-refractivity contribution >= 4 is 28.5 Å². The van der Waals surface area contributed by atoms with Crippen LogP contribution in [0.4, 0.5) is 18.9 Å². The van der Waals surface area contributed by atoms with Crippen molar-refractivity contribution in [3.8, 4) is 0 Å². The van der Waals surface area contributed by atoms with Gasteiger partial charge in [0.15, 0.2) is 6.10 Å². The number of esters is 1. The summed E-state index contributed by atoms with van der Waals surface area (Å²) < 4.78 is 42.9. The zero-order chi connectivity index (χ0) is 21.2. The van der Waals surface area contributed by atoms with Gasteiger partial charge in [-0.3, -0.25) is 9.59 Å². The second-order valence-electron chi connectivity index (χ2n) is 6.20. The number of halogens is 3. The van der Waals surface area contributed by atoms with Crippen LogP contribution in [0.5, 0.6) is 0 Å². The summed E-state index contributed by atoms with van der Waals surface area (Å²) >= 11 is 0. The average molecular weight is 404 g/mol. The Balaban J connectivity index is 1.71. The minimum Gasteiger partial charge on any atom is -0.449 e. The maximum absolute atomic E-state index is 12.6. The molecule has 0 radical (unpaired) electrons. The summed E-state index contributed by atoms with van der Waals surface area (Å²) in [4.78, 5) is 39.0. The normalized spacial score (nSPS) is 12.4. The van der Waals surface area contributed by atoms with Gasteiger partial charge in [-0.25, -0.2) is 4.79 Å². The van der Waals surface area contributed by atoms with Crippen LogP contribution in [0.1, 0.15) is 22.8 Å². The van der Waals surface area contributed by atoms with Crippen molar-refractivity contribution in [1.29, 1.82) is 0 Å². The second kappa shape index (κ2) is 7.78. The molecule has 0 saturated heterocycles. The Morgan fingerprint density at radius 3 is 2.38 bits per heavy atom. The lowest BCUT2D eigenvalue weighted by atomic mass is 10.1. The molecule has 2 N–H and O–H groups in total. The zero-order valence-corrected chi connectivity index (χ0v) is 15.0. The van der Waals surface area contributed by atoms with E-state index < -0.39 is 35.3 Å². The number of benzene rings is 2. The van der Waals surface area contributed by atoms with Crippen LogP contribution in [0.25, 0.3) is 10.9 Å². The number of carbonyl (C=O) groups is 2. The Morgan fingerprint density at radius 2 is 1.72 bits per heavy atom. The third-order valence-electron chi connectivity index (χ3n) is 4.10. The molecule has 0 unspecified atom stereocenters. The SMILES string of the molecule is C[C@H](OC(=O)c1cc(=O)[nH]c2ccccc12)C(=O)Nc1ccc(C(F)(F)F)cc1. The van der Waals surface area contributed by atoms with Gasteiger partial charge in [-0.05, 0) is 37.3 Å². The molecule has 1 amide bonds. The third kappa shape index (κ3) is 4.63. The molecule has 3 rings (SSSR count). The summed E-state index contributed by atoms with van der Waals surface area (Å²) in [6.45, 7) is 1.31. The van der Waals surface area contributed by atoms with Crippen molar-refractivity contribution < 1.29 is 27.5 Å². The molecule has 0 bridgehead atoms. The maximum atomic E-state index is 12.6. The Labute approximate surface area is 162 Å². The number of ether oxygens (including phenoxy) is 1. The first kappa shape index (κ1) is 20.1. The number of para-hydroxylation sites is 1. The topological polar surface area (TPSA) is 88.3 Å². The van der Waals surface area contributed by atoms with Crippen molar-refractivity contribution in [3.05, 3.63) is 76.1 Å². The lowest BCUT2D eigenvalue weighted by molar-refractivity contribution is -0.137. The van der Waals surface area contributed by atoms with Gasteiger partial charge in [-0.2, -0.15) is 13.2 Å². The molecule has 1 heterocycles. The number of nitrogens with one attached hydrogen (secondary N) is 2. The lowest BCUT2D eigenvalue weighted by Gasteiger charge is -2.15. The van der Waals surface area contributed by atoms with E-state index in [1.165, 1.54) is 6.92 Å². The minimum absolute atomic E-state index is 0.00136. The van der Waals surface area contributed by atoms with Gasteiger partial charge in [-0.1, -0.05) is 18.2 Å². The predicted octanol–water partition coefficient (Wildman–Crippen LogP) is 3.73. The molecule has 2 aromatic carbocycles. The van der Waals surface area contributed by atoms with E-state index in [2.05, 4.69) is 10.3 Å². The van der Waals surface area contributed by atoms with Crippen molar-refractivity contribution in [3.63, 3.8) is 0 Å². The van der Waals surface area contributed by atoms with Gasteiger partial charge in [0.05, 0.1) is 11.1 Å². The summed E-state index contributed by atoms with van der Waals surface area (Å²) in [5, 5.41) is 2.83. The number of alkyl halides is 3. The fourth-order valence-corrected chi connectivity index (χ4v) is 2.64. The van der Waals surface area contributed by atoms with Crippen LogP contribution in [0.3, 0.4) is 0 Å². The van der Waals surface area contributed by atoms with Gasteiger partial charge in [0.25, 0.3) is 5.91 Å². The molecule has 150 valence electrons. The Morgan fingerprint density at radius 1 is 1.07 bits per heavy atom. The van der Waals surface area contributed by atoms with Gasteiger partial charge in [0, 0.05) is 22.7 Å². The number of aromatic amines is 1. The Hall–Kier alpha value is -3.62. The van der Waals surface area contributed by atoms with Gasteiger partial charge in [0.2, 0.25) is 5.56 Å². The van der Waals surface area contributed by atoms with Crippen LogP contribution in [-0.2, 0) is 15.7 Å². The highest BCUT2D eigenvalue weighted by Crippen LogP contribution is 2.29. The molecule has 1 atom stereocenters. The lowest BCUT2D eigenvalue weighted by Crippen LogP contribution is -2.30. The molecule has 9 heteroatoms. The molecule has 0 saturated carbocycles. The van der Waals surface area contributed by atoms with E-state index in [1.807, 2.05) is 0 Å². The van der Waals surface area contributed by atoms with Crippen molar-refractivity contribution in [1.82, 2.24) is 4.98 Å². The van der Waals surface area contributed by atoms with Gasteiger partial charge in [-0.15, -0.1) is 0 Å². The highest BCUT2D eigenvalue weighted by atomic mass is 19.4. The van der Waals surface area contributed by atoms with Gasteiger partial charge in [0.1, 0.15) is 0 Å². The number of aromatic nitrogens is 1. The van der Waals surface area contributed by atoms with Crippen LogP contribution in [0.15, 0.2) is 59.4 Å². The molecule has 29 heavy (non-hydrogen) atoms. The van der Waals surface area contributed by atoms with Crippen molar-refractivity contribution in [2.45, 2.75) is 19.2 Å². The Kier molecular flexibility index (Phi) is 5.40. The second-order valence-corrected chi connectivity index (χ2v) is 6.20. The van der Waals surface area contributed by atoms with E-state index in [0.29, 0.717) is 10.9 Å². The number of hydrogen-bond acceptors (Lipinski definition) is 4. The molecule has 0 aliphatic rings. The van der Waals surface area contributed by atoms with Crippen LogP contribution in [-0.4, -0.2) is 23.0 Å². The number of H-pyrrole nitrogens is 1. The number of pyridine rings is 1. The van der Waals surface area contributed by atoms with E-state index in [-0.39, 0.29) is 11.3 Å². The van der Waals surface area contributed by atoms with E-state index >= 15 is 0 Å². The highest BCUT2D eigenvalue weighted by Gasteiger charge is 2.30. The summed E-state index contributed by atoms with van der Waals surface area (Å²) in [5.41, 5.74) is -0.798. The smallest absolute Gasteiger partial charge is 0.416 e. The van der Waals surface area contributed by atoms with Crippen LogP contribution in [0, 0.1) is 0 Å². The predicted molar refractivity (Wildman–Crippen MR) is 99.5 cm³/mol. The number of carbonyl (C=O) groups excluding carboxylic acids is 2. The molecule has 1 aromatic heterocycles. The maximum Gasteiger partial charge on any atom is 0.416 e. The zero-order valence-electron chi connectivity index (χ0n) is 15.0. The van der Waals surface area contributed by atoms with E-state index in [1.54, 1.807) is 24.3 Å². The van der Waals surface area contributed by atoms with E-state index in [9.17, 15) is 27.6 Å². The first-order chi connectivity index (χ1) is 13.6. The molecular weight excluding hydrogens is 389 g/mol. The molecule has 0 aliphatic heterocycles. The first-order valence-corrected chi connectivity index (χ1v) is 8.46. The summed E-state index contributed by atoms with van der Waals surface area (Å²) in [6.07, 6.45) is -5.73. The van der Waals surface area contributed by atoms with Crippen molar-refractivity contribution in [2.24, 2.45) is 0 Å². The number of fused-ring (bicyclic) bond motifs is 1. The van der Waals surface area contributed by atoms with Gasteiger partial charge >= 0.3 is 12.1 Å². The number of anilines is 1. The third-order valence-corrected chi connectivity index (χ3v) is 4.10. The summed E-state index contributed by atoms with van der Waals surface area (Å²) in [5.74, 6) is -1.60. The van der Waals surface area contributed by atoms with Crippen molar-refractivity contribution in [2.75, 3.05) is 5.32 Å². The highest BCUT2D eigenvalue weighted by molar-refractivity contribution is 6.04. The van der Waals surface area contributed by atoms with Gasteiger partial charge < -0.3 is 15.0 Å². The molecule has 0 fully saturated rings. The summed E-state index contributed by atoms with van der Waals surface area (Å²) in [7, 11) is 0. The first-order valence-electron chi connectivity index (χ1n) is 8.46. The molecule has 0 aliphatic carbocycles. The number of amides is 1. The molecule has 0 spiro atoms. The fourth-order valence-electron chi connectivity index (χ4n) is 2.64. The van der Waals surface area contributed by atoms with Crippen LogP contribution >= 0.6 is 0 Å². The fraction of sp³-hybridized carbons (Fsp3) is 0.150. The largest absolute Gasteiger partial charge is 0.449 e. The quantitative estimate of drug-likeness (QED) is 0.649. The molecule has 3 aromatic rings. The van der Waals surface area contributed by atoms with Crippen LogP contribution < -0.4 is 10.9 Å².